The first-order valence-electron chi connectivity index (χ1n) is 12.7. The summed E-state index contributed by atoms with van der Waals surface area (Å²) in [4.78, 5) is 29.0. The van der Waals surface area contributed by atoms with Gasteiger partial charge in [0.15, 0.2) is 11.5 Å². The summed E-state index contributed by atoms with van der Waals surface area (Å²) in [7, 11) is 1.55. The van der Waals surface area contributed by atoms with Crippen molar-refractivity contribution in [3.05, 3.63) is 53.4 Å². The molecule has 5 rings (SSSR count). The first-order chi connectivity index (χ1) is 17.9. The molecule has 3 aromatic heterocycles. The minimum Gasteiger partial charge on any atom is -0.480 e. The average molecular weight is 510 g/mol. The number of aryl methyl sites for hydroxylation is 2. The van der Waals surface area contributed by atoms with Crippen LogP contribution in [-0.2, 0) is 0 Å². The third-order valence-electron chi connectivity index (χ3n) is 5.71. The summed E-state index contributed by atoms with van der Waals surface area (Å²) >= 11 is 0. The molecule has 9 nitrogen and oxygen atoms in total. The minimum atomic E-state index is -0.514. The van der Waals surface area contributed by atoms with E-state index in [-0.39, 0.29) is 5.65 Å². The van der Waals surface area contributed by atoms with Crippen molar-refractivity contribution in [1.82, 2.24) is 24.7 Å². The lowest BCUT2D eigenvalue weighted by Crippen LogP contribution is -2.43. The van der Waals surface area contributed by atoms with Crippen molar-refractivity contribution in [2.45, 2.75) is 41.5 Å². The molecular formula is C27H36FN7O2. The van der Waals surface area contributed by atoms with E-state index in [4.69, 9.17) is 4.74 Å². The summed E-state index contributed by atoms with van der Waals surface area (Å²) in [5.41, 5.74) is 4.12. The first-order valence-corrected chi connectivity index (χ1v) is 12.7. The molecule has 1 fully saturated rings. The second-order valence-electron chi connectivity index (χ2n) is 8.03. The van der Waals surface area contributed by atoms with Crippen LogP contribution in [0.5, 0.6) is 5.88 Å². The third-order valence-corrected chi connectivity index (χ3v) is 5.71. The van der Waals surface area contributed by atoms with Crippen molar-refractivity contribution in [3.63, 3.8) is 0 Å². The molecule has 0 spiro atoms. The summed E-state index contributed by atoms with van der Waals surface area (Å²) in [6, 6.07) is 4.89. The first kappa shape index (κ1) is 27.8. The molecular weight excluding hydrogens is 473 g/mol. The molecule has 4 aromatic rings. The van der Waals surface area contributed by atoms with Gasteiger partial charge in [-0.1, -0.05) is 27.7 Å². The van der Waals surface area contributed by atoms with E-state index in [0.717, 1.165) is 31.9 Å². The molecule has 1 aliphatic heterocycles. The van der Waals surface area contributed by atoms with E-state index in [0.29, 0.717) is 39.6 Å². The maximum absolute atomic E-state index is 14.5. The number of hydrogen-bond donors (Lipinski definition) is 2. The highest BCUT2D eigenvalue weighted by atomic mass is 19.1. The molecule has 1 amide bonds. The lowest BCUT2D eigenvalue weighted by molar-refractivity contribution is 0.102. The molecule has 1 saturated heterocycles. The maximum Gasteiger partial charge on any atom is 0.257 e. The van der Waals surface area contributed by atoms with E-state index >= 15 is 0 Å². The van der Waals surface area contributed by atoms with Gasteiger partial charge in [0.2, 0.25) is 5.88 Å². The van der Waals surface area contributed by atoms with Crippen LogP contribution in [0, 0.1) is 19.7 Å². The van der Waals surface area contributed by atoms with Gasteiger partial charge in [-0.25, -0.2) is 19.3 Å². The number of anilines is 2. The van der Waals surface area contributed by atoms with E-state index in [1.54, 1.807) is 43.8 Å². The molecule has 4 heterocycles. The highest BCUT2D eigenvalue weighted by Gasteiger charge is 2.22. The Bertz CT molecular complexity index is 1380. The molecule has 0 atom stereocenters. The van der Waals surface area contributed by atoms with Crippen LogP contribution < -0.4 is 20.3 Å². The number of halogens is 1. The molecule has 2 N–H and O–H groups in total. The predicted molar refractivity (Wildman–Crippen MR) is 146 cm³/mol. The Morgan fingerprint density at radius 2 is 1.73 bits per heavy atom. The largest absolute Gasteiger partial charge is 0.480 e. The number of pyridine rings is 1. The number of carbonyl (C=O) groups is 1. The van der Waals surface area contributed by atoms with Crippen LogP contribution in [0.1, 0.15) is 49.4 Å². The van der Waals surface area contributed by atoms with Gasteiger partial charge >= 0.3 is 0 Å². The Balaban J connectivity index is 0.000000907. The van der Waals surface area contributed by atoms with Crippen LogP contribution in [-0.4, -0.2) is 58.5 Å². The fourth-order valence-electron chi connectivity index (χ4n) is 4.17. The molecule has 1 aromatic carbocycles. The Morgan fingerprint density at radius 3 is 2.41 bits per heavy atom. The molecule has 198 valence electrons. The number of nitrogens with zero attached hydrogens (tertiary/aromatic N) is 5. The van der Waals surface area contributed by atoms with Gasteiger partial charge < -0.3 is 24.7 Å². The molecule has 0 unspecified atom stereocenters. The Kier molecular flexibility index (Phi) is 9.35. The fraction of sp³-hybridized carbons (Fsp3) is 0.407. The quantitative estimate of drug-likeness (QED) is 0.410. The summed E-state index contributed by atoms with van der Waals surface area (Å²) < 4.78 is 21.4. The zero-order valence-electron chi connectivity index (χ0n) is 22.6. The lowest BCUT2D eigenvalue weighted by Gasteiger charge is -2.30. The molecule has 0 aliphatic carbocycles. The van der Waals surface area contributed by atoms with Gasteiger partial charge in [0.05, 0.1) is 29.7 Å². The molecule has 37 heavy (non-hydrogen) atoms. The number of amides is 1. The fourth-order valence-corrected chi connectivity index (χ4v) is 4.17. The van der Waals surface area contributed by atoms with Crippen LogP contribution in [0.3, 0.4) is 0 Å². The number of nitrogens with one attached hydrogen (secondary N) is 2. The summed E-state index contributed by atoms with van der Waals surface area (Å²) in [5.74, 6) is -0.499. The molecule has 0 radical (unpaired) electrons. The van der Waals surface area contributed by atoms with Gasteiger partial charge in [-0.15, -0.1) is 0 Å². The Morgan fingerprint density at radius 1 is 1.03 bits per heavy atom. The molecule has 0 bridgehead atoms. The van der Waals surface area contributed by atoms with E-state index < -0.39 is 11.7 Å². The van der Waals surface area contributed by atoms with Crippen molar-refractivity contribution in [1.29, 1.82) is 0 Å². The zero-order valence-corrected chi connectivity index (χ0v) is 22.6. The summed E-state index contributed by atoms with van der Waals surface area (Å²) in [6.07, 6.45) is 3.33. The predicted octanol–water partition coefficient (Wildman–Crippen LogP) is 4.76. The monoisotopic (exact) mass is 509 g/mol. The number of piperazine rings is 1. The van der Waals surface area contributed by atoms with Crippen molar-refractivity contribution in [2.75, 3.05) is 43.5 Å². The van der Waals surface area contributed by atoms with E-state index in [2.05, 4.69) is 30.5 Å². The highest BCUT2D eigenvalue weighted by molar-refractivity contribution is 6.13. The van der Waals surface area contributed by atoms with Crippen LogP contribution in [0.25, 0.3) is 16.7 Å². The number of fused-ring (bicyclic) bond motifs is 2. The maximum atomic E-state index is 14.5. The second-order valence-corrected chi connectivity index (χ2v) is 8.03. The number of carbonyl (C=O) groups excluding carboxylic acids is 1. The molecule has 10 heteroatoms. The number of methoxy groups -OCH3 is 1. The van der Waals surface area contributed by atoms with Gasteiger partial charge in [0, 0.05) is 44.6 Å². The molecule has 0 saturated carbocycles. The standard InChI is InChI=1S/C23H24FN7O2.2C2H6/c1-13-11-31-12-15(10-17(24)21(31)26-13)28-22(32)16-4-5-18(30-8-6-25-7-9-30)20-19(16)27-14(2)23(29-20)33-3;2*1-2/h4-5,10-12,25H,6-9H2,1-3H3,(H,28,32);2*1-2H3. The van der Waals surface area contributed by atoms with Crippen molar-refractivity contribution < 1.29 is 13.9 Å². The van der Waals surface area contributed by atoms with Crippen molar-refractivity contribution in [3.8, 4) is 5.88 Å². The smallest absolute Gasteiger partial charge is 0.257 e. The van der Waals surface area contributed by atoms with E-state index in [9.17, 15) is 9.18 Å². The Hall–Kier alpha value is -3.79. The van der Waals surface area contributed by atoms with Crippen LogP contribution in [0.2, 0.25) is 0 Å². The second kappa shape index (κ2) is 12.4. The number of imidazole rings is 1. The summed E-state index contributed by atoms with van der Waals surface area (Å²) in [6.45, 7) is 14.9. The number of aromatic nitrogens is 4. The normalized spacial score (nSPS) is 12.9. The van der Waals surface area contributed by atoms with Gasteiger partial charge in [0.1, 0.15) is 16.7 Å². The van der Waals surface area contributed by atoms with Crippen molar-refractivity contribution >= 4 is 34.0 Å². The van der Waals surface area contributed by atoms with Crippen molar-refractivity contribution in [2.24, 2.45) is 0 Å². The van der Waals surface area contributed by atoms with Gasteiger partial charge in [-0.2, -0.15) is 0 Å². The zero-order chi connectivity index (χ0) is 27.1. The number of hydrogen-bond acceptors (Lipinski definition) is 7. The van der Waals surface area contributed by atoms with Crippen LogP contribution in [0.4, 0.5) is 15.8 Å². The number of ether oxygens (including phenoxy) is 1. The topological polar surface area (TPSA) is 96.7 Å². The SMILES string of the molecule is CC.CC.COc1nc2c(N3CCNCC3)ccc(C(=O)Nc3cc(F)c4nc(C)cn4c3)c2nc1C. The highest BCUT2D eigenvalue weighted by Crippen LogP contribution is 2.31. The number of benzene rings is 1. The van der Waals surface area contributed by atoms with Gasteiger partial charge in [0.25, 0.3) is 5.91 Å². The van der Waals surface area contributed by atoms with Gasteiger partial charge in [-0.3, -0.25) is 4.79 Å². The lowest BCUT2D eigenvalue weighted by atomic mass is 10.1. The third kappa shape index (κ3) is 5.80. The minimum absolute atomic E-state index is 0.213. The molecule has 1 aliphatic rings. The van der Waals surface area contributed by atoms with E-state index in [1.165, 1.54) is 6.07 Å². The van der Waals surface area contributed by atoms with E-state index in [1.807, 2.05) is 33.8 Å². The van der Waals surface area contributed by atoms with Gasteiger partial charge in [-0.05, 0) is 26.0 Å². The number of rotatable bonds is 4. The Labute approximate surface area is 217 Å². The summed E-state index contributed by atoms with van der Waals surface area (Å²) in [5, 5.41) is 6.13. The van der Waals surface area contributed by atoms with Crippen LogP contribution >= 0.6 is 0 Å². The van der Waals surface area contributed by atoms with Crippen LogP contribution in [0.15, 0.2) is 30.6 Å². The average Bonchev–Trinajstić information content (AvgIpc) is 3.31.